The number of hydrogen-bond acceptors (Lipinski definition) is 3. The van der Waals surface area contributed by atoms with Crippen LogP contribution in [0.3, 0.4) is 0 Å². The fourth-order valence-corrected chi connectivity index (χ4v) is 3.68. The molecule has 4 nitrogen and oxygen atoms in total. The van der Waals surface area contributed by atoms with E-state index in [4.69, 9.17) is 0 Å². The minimum atomic E-state index is -3.56. The second-order valence-corrected chi connectivity index (χ2v) is 7.84. The van der Waals surface area contributed by atoms with E-state index in [1.165, 1.54) is 0 Å². The zero-order valence-electron chi connectivity index (χ0n) is 15.1. The summed E-state index contributed by atoms with van der Waals surface area (Å²) in [5.41, 5.74) is 1.65. The first-order valence-electron chi connectivity index (χ1n) is 8.99. The van der Waals surface area contributed by atoms with E-state index in [2.05, 4.69) is 23.5 Å². The van der Waals surface area contributed by atoms with Crippen molar-refractivity contribution in [2.45, 2.75) is 44.4 Å². The van der Waals surface area contributed by atoms with Crippen molar-refractivity contribution in [3.05, 3.63) is 54.6 Å². The molecule has 0 aromatic heterocycles. The first kappa shape index (κ1) is 19.3. The summed E-state index contributed by atoms with van der Waals surface area (Å²) in [5, 5.41) is 0. The van der Waals surface area contributed by atoms with Gasteiger partial charge in [-0.25, -0.2) is 8.42 Å². The van der Waals surface area contributed by atoms with Gasteiger partial charge >= 0.3 is 0 Å². The van der Waals surface area contributed by atoms with Gasteiger partial charge in [0.25, 0.3) is 10.0 Å². The molecule has 0 heterocycles. The quantitative estimate of drug-likeness (QED) is 0.656. The van der Waals surface area contributed by atoms with Crippen LogP contribution >= 0.6 is 0 Å². The zero-order valence-corrected chi connectivity index (χ0v) is 15.9. The van der Waals surface area contributed by atoms with E-state index in [9.17, 15) is 8.42 Å². The second kappa shape index (κ2) is 9.47. The second-order valence-electron chi connectivity index (χ2n) is 6.16. The summed E-state index contributed by atoms with van der Waals surface area (Å²) in [6, 6.07) is 16.1. The van der Waals surface area contributed by atoms with Crippen molar-refractivity contribution < 1.29 is 8.42 Å². The summed E-state index contributed by atoms with van der Waals surface area (Å²) in [7, 11) is -3.56. The van der Waals surface area contributed by atoms with Gasteiger partial charge < -0.3 is 4.90 Å². The van der Waals surface area contributed by atoms with Crippen molar-refractivity contribution in [1.82, 2.24) is 0 Å². The number of anilines is 2. The van der Waals surface area contributed by atoms with Crippen molar-refractivity contribution in [2.75, 3.05) is 22.7 Å². The Hall–Kier alpha value is -2.01. The molecule has 0 saturated carbocycles. The fraction of sp³-hybridized carbons (Fsp3) is 0.400. The van der Waals surface area contributed by atoms with Gasteiger partial charge in [0, 0.05) is 24.5 Å². The highest BCUT2D eigenvalue weighted by molar-refractivity contribution is 7.92. The van der Waals surface area contributed by atoms with Crippen molar-refractivity contribution in [3.63, 3.8) is 0 Å². The summed E-state index contributed by atoms with van der Waals surface area (Å²) < 4.78 is 27.6. The minimum Gasteiger partial charge on any atom is -0.372 e. The average Bonchev–Trinajstić information content (AvgIpc) is 2.62. The minimum absolute atomic E-state index is 0.283. The van der Waals surface area contributed by atoms with Crippen LogP contribution in [0.5, 0.6) is 0 Å². The Morgan fingerprint density at radius 3 is 1.92 bits per heavy atom. The Kier molecular flexibility index (Phi) is 7.31. The van der Waals surface area contributed by atoms with E-state index in [0.717, 1.165) is 44.5 Å². The lowest BCUT2D eigenvalue weighted by molar-refractivity contribution is 0.601. The van der Waals surface area contributed by atoms with Crippen molar-refractivity contribution in [1.29, 1.82) is 0 Å². The van der Waals surface area contributed by atoms with Crippen LogP contribution in [0.2, 0.25) is 0 Å². The third-order valence-electron chi connectivity index (χ3n) is 4.10. The maximum absolute atomic E-state index is 12.5. The first-order valence-corrected chi connectivity index (χ1v) is 10.5. The molecule has 2 aromatic carbocycles. The van der Waals surface area contributed by atoms with Crippen LogP contribution in [0, 0.1) is 0 Å². The molecule has 0 aliphatic heterocycles. The highest BCUT2D eigenvalue weighted by atomic mass is 32.2. The molecule has 0 saturated heterocycles. The van der Waals surface area contributed by atoms with Crippen molar-refractivity contribution >= 4 is 21.4 Å². The van der Waals surface area contributed by atoms with E-state index in [1.54, 1.807) is 36.4 Å². The number of benzene rings is 2. The van der Waals surface area contributed by atoms with Gasteiger partial charge in [-0.1, -0.05) is 44.9 Å². The summed E-state index contributed by atoms with van der Waals surface area (Å²) in [6.07, 6.45) is 4.57. The van der Waals surface area contributed by atoms with Crippen LogP contribution < -0.4 is 9.62 Å². The molecule has 5 heteroatoms. The van der Waals surface area contributed by atoms with Gasteiger partial charge in [0.2, 0.25) is 0 Å². The predicted octanol–water partition coefficient (Wildman–Crippen LogP) is 4.89. The van der Waals surface area contributed by atoms with E-state index in [0.29, 0.717) is 5.69 Å². The molecular weight excluding hydrogens is 332 g/mol. The van der Waals surface area contributed by atoms with Gasteiger partial charge in [-0.2, -0.15) is 0 Å². The molecule has 1 N–H and O–H groups in total. The molecule has 0 spiro atoms. The monoisotopic (exact) mass is 360 g/mol. The standard InChI is InChI=1S/C20H28N2O2S/c1-3-5-16-22(17-6-4-2)19-12-14-20(15-13-19)25(23,24)21-18-10-8-7-9-11-18/h7-15,21H,3-6,16-17H2,1-2H3. The lowest BCUT2D eigenvalue weighted by atomic mass is 10.2. The van der Waals surface area contributed by atoms with Crippen LogP contribution in [-0.4, -0.2) is 21.5 Å². The highest BCUT2D eigenvalue weighted by Gasteiger charge is 2.15. The van der Waals surface area contributed by atoms with Crippen molar-refractivity contribution in [2.24, 2.45) is 0 Å². The van der Waals surface area contributed by atoms with Crippen LogP contribution in [0.4, 0.5) is 11.4 Å². The summed E-state index contributed by atoms with van der Waals surface area (Å²) in [6.45, 7) is 6.38. The molecule has 2 aromatic rings. The molecule has 0 radical (unpaired) electrons. The van der Waals surface area contributed by atoms with Gasteiger partial charge in [-0.3, -0.25) is 4.72 Å². The Morgan fingerprint density at radius 1 is 0.840 bits per heavy atom. The van der Waals surface area contributed by atoms with E-state index in [-0.39, 0.29) is 4.90 Å². The summed E-state index contributed by atoms with van der Waals surface area (Å²) in [5.74, 6) is 0. The number of sulfonamides is 1. The van der Waals surface area contributed by atoms with Crippen LogP contribution in [0.25, 0.3) is 0 Å². The maximum Gasteiger partial charge on any atom is 0.261 e. The topological polar surface area (TPSA) is 49.4 Å². The normalized spacial score (nSPS) is 11.3. The van der Waals surface area contributed by atoms with Gasteiger partial charge in [-0.05, 0) is 49.2 Å². The van der Waals surface area contributed by atoms with Crippen LogP contribution in [0.15, 0.2) is 59.5 Å². The molecule has 0 fully saturated rings. The van der Waals surface area contributed by atoms with E-state index in [1.807, 2.05) is 18.2 Å². The molecule has 0 aliphatic rings. The van der Waals surface area contributed by atoms with Crippen LogP contribution in [-0.2, 0) is 10.0 Å². The lowest BCUT2D eigenvalue weighted by Gasteiger charge is -2.25. The first-order chi connectivity index (χ1) is 12.1. The SMILES string of the molecule is CCCCN(CCCC)c1ccc(S(=O)(=O)Nc2ccccc2)cc1. The van der Waals surface area contributed by atoms with Crippen LogP contribution in [0.1, 0.15) is 39.5 Å². The number of hydrogen-bond donors (Lipinski definition) is 1. The van der Waals surface area contributed by atoms with Gasteiger partial charge in [0.15, 0.2) is 0 Å². The number of nitrogens with zero attached hydrogens (tertiary/aromatic N) is 1. The van der Waals surface area contributed by atoms with E-state index < -0.39 is 10.0 Å². The molecule has 0 unspecified atom stereocenters. The largest absolute Gasteiger partial charge is 0.372 e. The summed E-state index contributed by atoms with van der Waals surface area (Å²) >= 11 is 0. The van der Waals surface area contributed by atoms with Crippen molar-refractivity contribution in [3.8, 4) is 0 Å². The molecular formula is C20H28N2O2S. The third-order valence-corrected chi connectivity index (χ3v) is 5.50. The molecule has 0 atom stereocenters. The number of unbranched alkanes of at least 4 members (excludes halogenated alkanes) is 2. The van der Waals surface area contributed by atoms with Gasteiger partial charge in [0.05, 0.1) is 4.90 Å². The lowest BCUT2D eigenvalue weighted by Crippen LogP contribution is -2.25. The van der Waals surface area contributed by atoms with Gasteiger partial charge in [0.1, 0.15) is 0 Å². The maximum atomic E-state index is 12.5. The molecule has 136 valence electrons. The highest BCUT2D eigenvalue weighted by Crippen LogP contribution is 2.21. The Morgan fingerprint density at radius 2 is 1.40 bits per heavy atom. The molecule has 0 bridgehead atoms. The Labute approximate surface area is 151 Å². The number of rotatable bonds is 10. The molecule has 0 amide bonds. The predicted molar refractivity (Wildman–Crippen MR) is 106 cm³/mol. The molecule has 25 heavy (non-hydrogen) atoms. The number of para-hydroxylation sites is 1. The Balaban J connectivity index is 2.13. The molecule has 2 rings (SSSR count). The zero-order chi connectivity index (χ0) is 18.1. The number of nitrogens with one attached hydrogen (secondary N) is 1. The van der Waals surface area contributed by atoms with E-state index >= 15 is 0 Å². The summed E-state index contributed by atoms with van der Waals surface area (Å²) in [4.78, 5) is 2.62. The average molecular weight is 361 g/mol. The fourth-order valence-electron chi connectivity index (χ4n) is 2.62. The smallest absolute Gasteiger partial charge is 0.261 e. The Bertz CT molecular complexity index is 720. The van der Waals surface area contributed by atoms with Gasteiger partial charge in [-0.15, -0.1) is 0 Å². The molecule has 0 aliphatic carbocycles. The third kappa shape index (κ3) is 5.78.